The molecule has 2 saturated heterocycles. The molecular formula is C28H31F6NO4. The molecule has 0 radical (unpaired) electrons. The second kappa shape index (κ2) is 12.3. The van der Waals surface area contributed by atoms with Gasteiger partial charge in [-0.25, -0.2) is 0 Å². The average molecular weight is 560 g/mol. The Hall–Kier alpha value is -2.63. The van der Waals surface area contributed by atoms with Crippen molar-refractivity contribution in [1.29, 1.82) is 0 Å². The number of likely N-dealkylation sites (tertiary alicyclic amines) is 1. The summed E-state index contributed by atoms with van der Waals surface area (Å²) in [5, 5.41) is 9.28. The van der Waals surface area contributed by atoms with Crippen molar-refractivity contribution in [2.24, 2.45) is 11.8 Å². The Balaban J connectivity index is 1.46. The second-order valence-corrected chi connectivity index (χ2v) is 10.2. The first kappa shape index (κ1) is 29.4. The van der Waals surface area contributed by atoms with E-state index < -0.39 is 35.7 Å². The monoisotopic (exact) mass is 559 g/mol. The number of carboxylic acids is 1. The lowest BCUT2D eigenvalue weighted by atomic mass is 9.81. The van der Waals surface area contributed by atoms with E-state index in [4.69, 9.17) is 9.47 Å². The van der Waals surface area contributed by atoms with Gasteiger partial charge in [-0.1, -0.05) is 30.3 Å². The van der Waals surface area contributed by atoms with Crippen molar-refractivity contribution >= 4 is 5.97 Å². The van der Waals surface area contributed by atoms with Crippen LogP contribution in [-0.2, 0) is 33.0 Å². The lowest BCUT2D eigenvalue weighted by Crippen LogP contribution is -2.45. The molecule has 1 N–H and O–H groups in total. The molecule has 2 aliphatic heterocycles. The van der Waals surface area contributed by atoms with Crippen molar-refractivity contribution in [2.75, 3.05) is 32.8 Å². The van der Waals surface area contributed by atoms with Crippen LogP contribution in [0, 0.1) is 11.8 Å². The molecule has 2 aromatic rings. The van der Waals surface area contributed by atoms with Gasteiger partial charge in [0.2, 0.25) is 0 Å². The molecule has 0 saturated carbocycles. The van der Waals surface area contributed by atoms with Crippen molar-refractivity contribution < 1.29 is 45.7 Å². The normalized spacial score (nSPS) is 23.6. The Kier molecular flexibility index (Phi) is 9.23. The van der Waals surface area contributed by atoms with Crippen molar-refractivity contribution in [1.82, 2.24) is 4.90 Å². The number of alkyl halides is 6. The summed E-state index contributed by atoms with van der Waals surface area (Å²) < 4.78 is 91.3. The number of carboxylic acid groups (broad SMARTS) is 1. The van der Waals surface area contributed by atoms with Crippen LogP contribution in [0.3, 0.4) is 0 Å². The number of rotatable bonds is 8. The maximum absolute atomic E-state index is 13.2. The largest absolute Gasteiger partial charge is 0.481 e. The van der Waals surface area contributed by atoms with E-state index in [2.05, 4.69) is 4.90 Å². The summed E-state index contributed by atoms with van der Waals surface area (Å²) in [6.07, 6.45) is -8.81. The van der Waals surface area contributed by atoms with E-state index in [0.717, 1.165) is 24.1 Å². The first-order valence-corrected chi connectivity index (χ1v) is 12.9. The fraction of sp³-hybridized carbons (Fsp3) is 0.536. The van der Waals surface area contributed by atoms with Crippen LogP contribution in [-0.4, -0.2) is 55.1 Å². The van der Waals surface area contributed by atoms with E-state index in [9.17, 15) is 36.2 Å². The van der Waals surface area contributed by atoms with Crippen molar-refractivity contribution in [3.05, 3.63) is 70.8 Å². The highest BCUT2D eigenvalue weighted by molar-refractivity contribution is 5.70. The summed E-state index contributed by atoms with van der Waals surface area (Å²) in [4.78, 5) is 13.5. The molecule has 4 rings (SSSR count). The quantitative estimate of drug-likeness (QED) is 0.389. The van der Waals surface area contributed by atoms with Gasteiger partial charge in [-0.15, -0.1) is 0 Å². The van der Waals surface area contributed by atoms with Crippen LogP contribution in [0.5, 0.6) is 0 Å². The first-order valence-electron chi connectivity index (χ1n) is 12.9. The molecule has 0 unspecified atom stereocenters. The van der Waals surface area contributed by atoms with Gasteiger partial charge in [0.25, 0.3) is 0 Å². The summed E-state index contributed by atoms with van der Waals surface area (Å²) >= 11 is 0. The molecule has 39 heavy (non-hydrogen) atoms. The zero-order valence-corrected chi connectivity index (χ0v) is 21.2. The van der Waals surface area contributed by atoms with E-state index in [0.29, 0.717) is 39.1 Å². The van der Waals surface area contributed by atoms with Crippen LogP contribution in [0.25, 0.3) is 0 Å². The fourth-order valence-electron chi connectivity index (χ4n) is 5.45. The summed E-state index contributed by atoms with van der Waals surface area (Å²) in [5.41, 5.74) is -1.86. The van der Waals surface area contributed by atoms with Crippen molar-refractivity contribution in [3.63, 3.8) is 0 Å². The van der Waals surface area contributed by atoms with Crippen LogP contribution in [0.15, 0.2) is 48.5 Å². The number of carbonyl (C=O) groups is 1. The second-order valence-electron chi connectivity index (χ2n) is 10.2. The SMILES string of the molecule is O=C(O)C1CCN(C[C@@H]2CCO[C@H](OCCc3cc(C(F)(F)F)cc(C(F)(F)F)c3)[C@H]2c2ccccc2)CC1. The zero-order valence-electron chi connectivity index (χ0n) is 21.2. The van der Waals surface area contributed by atoms with E-state index in [1.165, 1.54) is 0 Å². The van der Waals surface area contributed by atoms with Crippen molar-refractivity contribution in [2.45, 2.75) is 50.2 Å². The van der Waals surface area contributed by atoms with Gasteiger partial charge in [-0.05, 0) is 74.0 Å². The minimum atomic E-state index is -4.91. The maximum atomic E-state index is 13.2. The van der Waals surface area contributed by atoms with Gasteiger partial charge in [-0.3, -0.25) is 4.79 Å². The molecular weight excluding hydrogens is 528 g/mol. The summed E-state index contributed by atoms with van der Waals surface area (Å²) in [7, 11) is 0. The minimum Gasteiger partial charge on any atom is -0.481 e. The number of ether oxygens (including phenoxy) is 2. The topological polar surface area (TPSA) is 59.0 Å². The van der Waals surface area contributed by atoms with Gasteiger partial charge in [0.15, 0.2) is 6.29 Å². The Morgan fingerprint density at radius 2 is 1.56 bits per heavy atom. The molecule has 0 aromatic heterocycles. The molecule has 214 valence electrons. The third-order valence-electron chi connectivity index (χ3n) is 7.51. The van der Waals surface area contributed by atoms with Gasteiger partial charge in [0.1, 0.15) is 0 Å². The first-order chi connectivity index (χ1) is 18.4. The van der Waals surface area contributed by atoms with Crippen LogP contribution >= 0.6 is 0 Å². The third-order valence-corrected chi connectivity index (χ3v) is 7.51. The van der Waals surface area contributed by atoms with E-state index in [-0.39, 0.29) is 42.4 Å². The lowest BCUT2D eigenvalue weighted by molar-refractivity contribution is -0.189. The molecule has 0 bridgehead atoms. The molecule has 2 fully saturated rings. The van der Waals surface area contributed by atoms with Crippen molar-refractivity contribution in [3.8, 4) is 0 Å². The predicted molar refractivity (Wildman–Crippen MR) is 130 cm³/mol. The molecule has 3 atom stereocenters. The smallest absolute Gasteiger partial charge is 0.416 e. The lowest BCUT2D eigenvalue weighted by Gasteiger charge is -2.41. The minimum absolute atomic E-state index is 0.109. The maximum Gasteiger partial charge on any atom is 0.416 e. The van der Waals surface area contributed by atoms with E-state index >= 15 is 0 Å². The molecule has 5 nitrogen and oxygen atoms in total. The standard InChI is InChI=1S/C28H31F6NO4/c29-27(30,31)22-14-18(15-23(16-22)28(32,33)34)8-12-38-26-24(19-4-2-1-3-5-19)21(9-13-39-26)17-35-10-6-20(7-11-35)25(36)37/h1-5,14-16,20-21,24,26H,6-13,17H2,(H,36,37)/t21-,24-,26-/m0/s1. The third kappa shape index (κ3) is 7.73. The highest BCUT2D eigenvalue weighted by Gasteiger charge is 2.39. The average Bonchev–Trinajstić information content (AvgIpc) is 2.88. The number of benzene rings is 2. The molecule has 11 heteroatoms. The molecule has 0 spiro atoms. The van der Waals surface area contributed by atoms with Crippen LogP contribution in [0.4, 0.5) is 26.3 Å². The Morgan fingerprint density at radius 1 is 0.949 bits per heavy atom. The predicted octanol–water partition coefficient (Wildman–Crippen LogP) is 6.23. The number of piperidine rings is 1. The fourth-order valence-corrected chi connectivity index (χ4v) is 5.45. The molecule has 2 heterocycles. The number of nitrogens with zero attached hydrogens (tertiary/aromatic N) is 1. The Bertz CT molecular complexity index is 1070. The molecule has 2 aliphatic rings. The van der Waals surface area contributed by atoms with Crippen LogP contribution < -0.4 is 0 Å². The number of hydrogen-bond acceptors (Lipinski definition) is 4. The molecule has 0 aliphatic carbocycles. The molecule has 0 amide bonds. The Labute approximate surface area is 222 Å². The summed E-state index contributed by atoms with van der Waals surface area (Å²) in [5.74, 6) is -1.22. The van der Waals surface area contributed by atoms with Gasteiger partial charge in [0, 0.05) is 12.5 Å². The Morgan fingerprint density at radius 3 is 2.13 bits per heavy atom. The van der Waals surface area contributed by atoms with E-state index in [1.54, 1.807) is 0 Å². The van der Waals surface area contributed by atoms with Crippen LogP contribution in [0.1, 0.15) is 47.4 Å². The summed E-state index contributed by atoms with van der Waals surface area (Å²) in [6, 6.07) is 11.1. The van der Waals surface area contributed by atoms with Gasteiger partial charge >= 0.3 is 18.3 Å². The van der Waals surface area contributed by atoms with Gasteiger partial charge in [0.05, 0.1) is 30.3 Å². The highest BCUT2D eigenvalue weighted by Crippen LogP contribution is 2.39. The number of hydrogen-bond donors (Lipinski definition) is 1. The van der Waals surface area contributed by atoms with E-state index in [1.807, 2.05) is 30.3 Å². The summed E-state index contributed by atoms with van der Waals surface area (Å²) in [6.45, 7) is 2.31. The van der Waals surface area contributed by atoms with Gasteiger partial charge in [-0.2, -0.15) is 26.3 Å². The number of aliphatic carboxylic acids is 1. The zero-order chi connectivity index (χ0) is 28.2. The van der Waals surface area contributed by atoms with Crippen LogP contribution in [0.2, 0.25) is 0 Å². The van der Waals surface area contributed by atoms with Gasteiger partial charge < -0.3 is 19.5 Å². The highest BCUT2D eigenvalue weighted by atomic mass is 19.4. The number of halogens is 6. The molecule has 2 aromatic carbocycles.